The number of urea groups is 1. The number of ether oxygens (including phenoxy) is 1. The summed E-state index contributed by atoms with van der Waals surface area (Å²) >= 11 is 0. The summed E-state index contributed by atoms with van der Waals surface area (Å²) in [5, 5.41) is 3.18. The number of likely N-dealkylation sites (tertiary alicyclic amines) is 1. The molecule has 1 aliphatic heterocycles. The Kier molecular flexibility index (Phi) is 4.15. The molecule has 1 saturated heterocycles. The molecule has 2 unspecified atom stereocenters. The average molecular weight is 254 g/mol. The zero-order chi connectivity index (χ0) is 13.2. The van der Waals surface area contributed by atoms with Gasteiger partial charge in [-0.05, 0) is 19.3 Å². The molecule has 1 aliphatic carbocycles. The second-order valence-corrected chi connectivity index (χ2v) is 6.18. The molecule has 104 valence electrons. The number of methoxy groups -OCH3 is 1. The molecule has 18 heavy (non-hydrogen) atoms. The molecule has 0 aromatic carbocycles. The van der Waals surface area contributed by atoms with Crippen molar-refractivity contribution in [2.75, 3.05) is 20.2 Å². The fourth-order valence-electron chi connectivity index (χ4n) is 3.04. The third-order valence-corrected chi connectivity index (χ3v) is 4.65. The maximum atomic E-state index is 12.2. The summed E-state index contributed by atoms with van der Waals surface area (Å²) in [6, 6.07) is 0.364. The van der Waals surface area contributed by atoms with Gasteiger partial charge in [-0.15, -0.1) is 0 Å². The van der Waals surface area contributed by atoms with Crippen LogP contribution in [0.1, 0.15) is 46.0 Å². The monoisotopic (exact) mass is 254 g/mol. The first kappa shape index (κ1) is 13.7. The molecule has 1 saturated carbocycles. The molecule has 4 nitrogen and oxygen atoms in total. The van der Waals surface area contributed by atoms with Crippen LogP contribution in [0.25, 0.3) is 0 Å². The summed E-state index contributed by atoms with van der Waals surface area (Å²) in [6.07, 6.45) is 5.99. The van der Waals surface area contributed by atoms with Crippen molar-refractivity contribution in [2.24, 2.45) is 5.41 Å². The normalized spacial score (nSPS) is 31.4. The van der Waals surface area contributed by atoms with Gasteiger partial charge in [0.25, 0.3) is 0 Å². The fraction of sp³-hybridized carbons (Fsp3) is 0.929. The quantitative estimate of drug-likeness (QED) is 0.822. The summed E-state index contributed by atoms with van der Waals surface area (Å²) in [6.45, 7) is 6.15. The van der Waals surface area contributed by atoms with Gasteiger partial charge in [-0.1, -0.05) is 26.7 Å². The molecule has 0 aromatic heterocycles. The first-order chi connectivity index (χ1) is 8.55. The number of hydrogen-bond acceptors (Lipinski definition) is 2. The molecule has 0 aromatic rings. The highest BCUT2D eigenvalue weighted by Crippen LogP contribution is 2.42. The molecule has 0 radical (unpaired) electrons. The molecular weight excluding hydrogens is 228 g/mol. The van der Waals surface area contributed by atoms with Crippen LogP contribution >= 0.6 is 0 Å². The minimum Gasteiger partial charge on any atom is -0.381 e. The Bertz CT molecular complexity index is 296. The summed E-state index contributed by atoms with van der Waals surface area (Å²) in [4.78, 5) is 14.2. The Labute approximate surface area is 110 Å². The molecule has 1 heterocycles. The third-order valence-electron chi connectivity index (χ3n) is 4.65. The van der Waals surface area contributed by atoms with Crippen molar-refractivity contribution in [3.63, 3.8) is 0 Å². The Hall–Kier alpha value is -0.770. The van der Waals surface area contributed by atoms with Crippen LogP contribution in [0.2, 0.25) is 0 Å². The van der Waals surface area contributed by atoms with Crippen LogP contribution < -0.4 is 5.32 Å². The summed E-state index contributed by atoms with van der Waals surface area (Å²) in [7, 11) is 1.75. The summed E-state index contributed by atoms with van der Waals surface area (Å²) in [5.74, 6) is 0. The van der Waals surface area contributed by atoms with Crippen molar-refractivity contribution in [3.05, 3.63) is 0 Å². The predicted octanol–water partition coefficient (Wildman–Crippen LogP) is 2.39. The number of carbonyl (C=O) groups is 1. The van der Waals surface area contributed by atoms with E-state index in [1.54, 1.807) is 7.11 Å². The lowest BCUT2D eigenvalue weighted by atomic mass is 9.64. The Morgan fingerprint density at radius 3 is 2.33 bits per heavy atom. The number of nitrogens with one attached hydrogen (secondary N) is 1. The number of amides is 2. The number of carbonyl (C=O) groups excluding carboxylic acids is 1. The lowest BCUT2D eigenvalue weighted by Gasteiger charge is -2.51. The molecule has 2 fully saturated rings. The topological polar surface area (TPSA) is 41.6 Å². The SMILES string of the molecule is COC1CC(NC(=O)N2CCCCCC2)C1(C)C. The average Bonchev–Trinajstić information content (AvgIpc) is 2.62. The Morgan fingerprint density at radius 2 is 1.83 bits per heavy atom. The van der Waals surface area contributed by atoms with E-state index in [1.807, 2.05) is 4.90 Å². The molecule has 0 spiro atoms. The van der Waals surface area contributed by atoms with Gasteiger partial charge >= 0.3 is 6.03 Å². The van der Waals surface area contributed by atoms with E-state index in [0.717, 1.165) is 32.4 Å². The molecule has 2 rings (SSSR count). The minimum absolute atomic E-state index is 0.0518. The molecule has 2 aliphatic rings. The van der Waals surface area contributed by atoms with Gasteiger partial charge in [0.2, 0.25) is 0 Å². The first-order valence-electron chi connectivity index (χ1n) is 7.14. The predicted molar refractivity (Wildman–Crippen MR) is 71.6 cm³/mol. The fourth-order valence-corrected chi connectivity index (χ4v) is 3.04. The summed E-state index contributed by atoms with van der Waals surface area (Å²) in [5.41, 5.74) is 0.0518. The van der Waals surface area contributed by atoms with Crippen LogP contribution in [0.4, 0.5) is 4.79 Å². The van der Waals surface area contributed by atoms with E-state index in [9.17, 15) is 4.79 Å². The maximum Gasteiger partial charge on any atom is 0.317 e. The summed E-state index contributed by atoms with van der Waals surface area (Å²) < 4.78 is 5.41. The van der Waals surface area contributed by atoms with E-state index in [-0.39, 0.29) is 23.6 Å². The van der Waals surface area contributed by atoms with Gasteiger partial charge in [0.15, 0.2) is 0 Å². The van der Waals surface area contributed by atoms with Crippen molar-refractivity contribution in [2.45, 2.75) is 58.1 Å². The van der Waals surface area contributed by atoms with Gasteiger partial charge in [0.1, 0.15) is 0 Å². The van der Waals surface area contributed by atoms with Gasteiger partial charge in [0.05, 0.1) is 6.10 Å². The van der Waals surface area contributed by atoms with E-state index in [2.05, 4.69) is 19.2 Å². The van der Waals surface area contributed by atoms with E-state index in [0.29, 0.717) is 0 Å². The zero-order valence-corrected chi connectivity index (χ0v) is 11.9. The van der Waals surface area contributed by atoms with Crippen molar-refractivity contribution in [1.29, 1.82) is 0 Å². The van der Waals surface area contributed by atoms with Crippen LogP contribution in [0.3, 0.4) is 0 Å². The standard InChI is InChI=1S/C14H26N2O2/c1-14(2)11(10-12(14)18-3)15-13(17)16-8-6-4-5-7-9-16/h11-12H,4-10H2,1-3H3,(H,15,17). The molecule has 0 bridgehead atoms. The molecule has 1 N–H and O–H groups in total. The molecular formula is C14H26N2O2. The Morgan fingerprint density at radius 1 is 1.22 bits per heavy atom. The number of nitrogens with zero attached hydrogens (tertiary/aromatic N) is 1. The van der Waals surface area contributed by atoms with Crippen LogP contribution in [0, 0.1) is 5.41 Å². The highest BCUT2D eigenvalue weighted by atomic mass is 16.5. The lowest BCUT2D eigenvalue weighted by Crippen LogP contribution is -2.63. The van der Waals surface area contributed by atoms with Crippen molar-refractivity contribution < 1.29 is 9.53 Å². The lowest BCUT2D eigenvalue weighted by molar-refractivity contribution is -0.0943. The number of hydrogen-bond donors (Lipinski definition) is 1. The first-order valence-corrected chi connectivity index (χ1v) is 7.14. The third kappa shape index (κ3) is 2.63. The van der Waals surface area contributed by atoms with Crippen LogP contribution in [-0.2, 0) is 4.74 Å². The second-order valence-electron chi connectivity index (χ2n) is 6.18. The second kappa shape index (κ2) is 5.47. The highest BCUT2D eigenvalue weighted by molar-refractivity contribution is 5.74. The molecule has 4 heteroatoms. The zero-order valence-electron chi connectivity index (χ0n) is 11.9. The van der Waals surface area contributed by atoms with Crippen LogP contribution in [0.5, 0.6) is 0 Å². The minimum atomic E-state index is 0.0518. The van der Waals surface area contributed by atoms with E-state index >= 15 is 0 Å². The van der Waals surface area contributed by atoms with Gasteiger partial charge in [-0.3, -0.25) is 0 Å². The smallest absolute Gasteiger partial charge is 0.317 e. The largest absolute Gasteiger partial charge is 0.381 e. The van der Waals surface area contributed by atoms with Crippen molar-refractivity contribution in [3.8, 4) is 0 Å². The maximum absolute atomic E-state index is 12.2. The van der Waals surface area contributed by atoms with E-state index in [4.69, 9.17) is 4.74 Å². The van der Waals surface area contributed by atoms with Crippen molar-refractivity contribution in [1.82, 2.24) is 10.2 Å². The van der Waals surface area contributed by atoms with Crippen molar-refractivity contribution >= 4 is 6.03 Å². The van der Waals surface area contributed by atoms with E-state index < -0.39 is 0 Å². The molecule has 2 amide bonds. The Balaban J connectivity index is 1.84. The highest BCUT2D eigenvalue weighted by Gasteiger charge is 2.49. The van der Waals surface area contributed by atoms with E-state index in [1.165, 1.54) is 12.8 Å². The van der Waals surface area contributed by atoms with Gasteiger partial charge < -0.3 is 15.0 Å². The molecule has 2 atom stereocenters. The van der Waals surface area contributed by atoms with Gasteiger partial charge in [-0.2, -0.15) is 0 Å². The van der Waals surface area contributed by atoms with Crippen LogP contribution in [0.15, 0.2) is 0 Å². The number of rotatable bonds is 2. The van der Waals surface area contributed by atoms with Gasteiger partial charge in [0, 0.05) is 31.7 Å². The van der Waals surface area contributed by atoms with Crippen LogP contribution in [-0.4, -0.2) is 43.3 Å². The van der Waals surface area contributed by atoms with Gasteiger partial charge in [-0.25, -0.2) is 4.79 Å².